The van der Waals surface area contributed by atoms with Gasteiger partial charge in [0, 0.05) is 17.1 Å². The predicted molar refractivity (Wildman–Crippen MR) is 121 cm³/mol. The van der Waals surface area contributed by atoms with E-state index < -0.39 is 6.04 Å². The van der Waals surface area contributed by atoms with E-state index in [2.05, 4.69) is 5.32 Å². The number of rotatable bonds is 8. The molecule has 162 valence electrons. The Balaban J connectivity index is 2.21. The molecule has 0 saturated heterocycles. The largest absolute Gasteiger partial charge is 0.484 e. The highest BCUT2D eigenvalue weighted by Gasteiger charge is 2.30. The molecule has 0 aliphatic rings. The lowest BCUT2D eigenvalue weighted by Gasteiger charge is -2.33. The maximum atomic E-state index is 13.1. The number of ether oxygens (including phenoxy) is 1. The highest BCUT2D eigenvalue weighted by molar-refractivity contribution is 6.31. The molecular formula is C24H31ClN2O3. The van der Waals surface area contributed by atoms with E-state index in [1.807, 2.05) is 65.0 Å². The van der Waals surface area contributed by atoms with Gasteiger partial charge in [0.05, 0.1) is 0 Å². The molecule has 0 fully saturated rings. The zero-order valence-corrected chi connectivity index (χ0v) is 19.1. The zero-order valence-electron chi connectivity index (χ0n) is 18.4. The number of halogens is 1. The molecule has 0 heterocycles. The van der Waals surface area contributed by atoms with E-state index in [9.17, 15) is 9.59 Å². The standard InChI is InChI=1S/C24H31ClN2O3/c1-6-21(23(29)26-24(3,4)5)27(15-18-10-8-7-9-11-18)22(28)16-30-19-12-13-20(25)17(2)14-19/h7-14,21H,6,15-16H2,1-5H3,(H,26,29)/t21-/m1/s1. The first-order valence-corrected chi connectivity index (χ1v) is 10.5. The number of benzene rings is 2. The molecule has 2 amide bonds. The molecule has 2 rings (SSSR count). The van der Waals surface area contributed by atoms with Gasteiger partial charge in [-0.2, -0.15) is 0 Å². The van der Waals surface area contributed by atoms with E-state index in [1.165, 1.54) is 0 Å². The second-order valence-electron chi connectivity index (χ2n) is 8.37. The predicted octanol–water partition coefficient (Wildman–Crippen LogP) is 4.75. The van der Waals surface area contributed by atoms with Gasteiger partial charge in [0.15, 0.2) is 6.61 Å². The number of amides is 2. The summed E-state index contributed by atoms with van der Waals surface area (Å²) in [5, 5.41) is 3.63. The second-order valence-corrected chi connectivity index (χ2v) is 8.78. The van der Waals surface area contributed by atoms with Crippen LogP contribution in [0.5, 0.6) is 5.75 Å². The fourth-order valence-electron chi connectivity index (χ4n) is 3.09. The molecule has 6 heteroatoms. The quantitative estimate of drug-likeness (QED) is 0.657. The third kappa shape index (κ3) is 7.06. The lowest BCUT2D eigenvalue weighted by atomic mass is 10.1. The van der Waals surface area contributed by atoms with Gasteiger partial charge in [-0.25, -0.2) is 0 Å². The van der Waals surface area contributed by atoms with Crippen LogP contribution in [-0.4, -0.2) is 34.9 Å². The normalized spacial score (nSPS) is 12.2. The van der Waals surface area contributed by atoms with Crippen molar-refractivity contribution in [2.75, 3.05) is 6.61 Å². The molecule has 0 saturated carbocycles. The van der Waals surface area contributed by atoms with Crippen LogP contribution in [-0.2, 0) is 16.1 Å². The Morgan fingerprint density at radius 2 is 1.80 bits per heavy atom. The van der Waals surface area contributed by atoms with E-state index >= 15 is 0 Å². The van der Waals surface area contributed by atoms with Crippen molar-refractivity contribution in [3.05, 3.63) is 64.7 Å². The maximum absolute atomic E-state index is 13.1. The molecule has 0 spiro atoms. The van der Waals surface area contributed by atoms with E-state index in [4.69, 9.17) is 16.3 Å². The van der Waals surface area contributed by atoms with Crippen molar-refractivity contribution in [3.63, 3.8) is 0 Å². The molecule has 0 unspecified atom stereocenters. The van der Waals surface area contributed by atoms with Gasteiger partial charge in [0.25, 0.3) is 5.91 Å². The SMILES string of the molecule is CC[C@H](C(=O)NC(C)(C)C)N(Cc1ccccc1)C(=O)COc1ccc(Cl)c(C)c1. The fraction of sp³-hybridized carbons (Fsp3) is 0.417. The molecule has 0 radical (unpaired) electrons. The van der Waals surface area contributed by atoms with Gasteiger partial charge in [0.2, 0.25) is 5.91 Å². The van der Waals surface area contributed by atoms with Gasteiger partial charge in [0.1, 0.15) is 11.8 Å². The summed E-state index contributed by atoms with van der Waals surface area (Å²) >= 11 is 6.06. The van der Waals surface area contributed by atoms with Gasteiger partial charge >= 0.3 is 0 Å². The van der Waals surface area contributed by atoms with Crippen molar-refractivity contribution in [3.8, 4) is 5.75 Å². The van der Waals surface area contributed by atoms with Gasteiger partial charge in [-0.3, -0.25) is 9.59 Å². The molecule has 30 heavy (non-hydrogen) atoms. The third-order valence-corrected chi connectivity index (χ3v) is 5.00. The molecule has 0 aliphatic heterocycles. The Morgan fingerprint density at radius 1 is 1.13 bits per heavy atom. The summed E-state index contributed by atoms with van der Waals surface area (Å²) in [6.45, 7) is 9.73. The minimum absolute atomic E-state index is 0.160. The van der Waals surface area contributed by atoms with Crippen LogP contribution in [0.3, 0.4) is 0 Å². The summed E-state index contributed by atoms with van der Waals surface area (Å²) in [5.74, 6) is 0.149. The maximum Gasteiger partial charge on any atom is 0.261 e. The summed E-state index contributed by atoms with van der Waals surface area (Å²) in [5.41, 5.74) is 1.44. The molecule has 1 N–H and O–H groups in total. The fourth-order valence-corrected chi connectivity index (χ4v) is 3.21. The topological polar surface area (TPSA) is 58.6 Å². The van der Waals surface area contributed by atoms with Gasteiger partial charge in [-0.05, 0) is 63.4 Å². The van der Waals surface area contributed by atoms with E-state index in [0.29, 0.717) is 23.7 Å². The average Bonchev–Trinajstić information content (AvgIpc) is 2.68. The van der Waals surface area contributed by atoms with Crippen LogP contribution >= 0.6 is 11.6 Å². The second kappa shape index (κ2) is 10.5. The highest BCUT2D eigenvalue weighted by atomic mass is 35.5. The van der Waals surface area contributed by atoms with Crippen molar-refractivity contribution in [1.82, 2.24) is 10.2 Å². The first-order valence-electron chi connectivity index (χ1n) is 10.1. The number of carbonyl (C=O) groups excluding carboxylic acids is 2. The Hall–Kier alpha value is -2.53. The lowest BCUT2D eigenvalue weighted by molar-refractivity contribution is -0.143. The Kier molecular flexibility index (Phi) is 8.30. The lowest BCUT2D eigenvalue weighted by Crippen LogP contribution is -2.54. The number of carbonyl (C=O) groups is 2. The van der Waals surface area contributed by atoms with Crippen molar-refractivity contribution < 1.29 is 14.3 Å². The summed E-state index contributed by atoms with van der Waals surface area (Å²) in [4.78, 5) is 27.7. The van der Waals surface area contributed by atoms with Crippen molar-refractivity contribution in [2.24, 2.45) is 0 Å². The molecule has 0 aliphatic carbocycles. The Labute approximate surface area is 184 Å². The van der Waals surface area contributed by atoms with E-state index in [-0.39, 0.29) is 24.0 Å². The Morgan fingerprint density at radius 3 is 2.37 bits per heavy atom. The summed E-state index contributed by atoms with van der Waals surface area (Å²) in [7, 11) is 0. The highest BCUT2D eigenvalue weighted by Crippen LogP contribution is 2.21. The van der Waals surface area contributed by atoms with Crippen LogP contribution in [0, 0.1) is 6.92 Å². The Bertz CT molecular complexity index is 862. The third-order valence-electron chi connectivity index (χ3n) is 4.57. The summed E-state index contributed by atoms with van der Waals surface area (Å²) in [6, 6.07) is 14.3. The van der Waals surface area contributed by atoms with Crippen LogP contribution < -0.4 is 10.1 Å². The molecule has 1 atom stereocenters. The molecule has 2 aromatic carbocycles. The smallest absolute Gasteiger partial charge is 0.261 e. The van der Waals surface area contributed by atoms with Crippen LogP contribution in [0.4, 0.5) is 0 Å². The van der Waals surface area contributed by atoms with E-state index in [0.717, 1.165) is 11.1 Å². The first-order chi connectivity index (χ1) is 14.1. The number of hydrogen-bond acceptors (Lipinski definition) is 3. The number of nitrogens with zero attached hydrogens (tertiary/aromatic N) is 1. The average molecular weight is 431 g/mol. The summed E-state index contributed by atoms with van der Waals surface area (Å²) in [6.07, 6.45) is 0.501. The molecule has 0 aromatic heterocycles. The van der Waals surface area contributed by atoms with Gasteiger partial charge in [-0.15, -0.1) is 0 Å². The molecule has 0 bridgehead atoms. The first kappa shape index (κ1) is 23.7. The van der Waals surface area contributed by atoms with Crippen molar-refractivity contribution >= 4 is 23.4 Å². The molecule has 2 aromatic rings. The number of aryl methyl sites for hydroxylation is 1. The van der Waals surface area contributed by atoms with E-state index in [1.54, 1.807) is 23.1 Å². The molecule has 5 nitrogen and oxygen atoms in total. The minimum atomic E-state index is -0.590. The number of hydrogen-bond donors (Lipinski definition) is 1. The van der Waals surface area contributed by atoms with Crippen molar-refractivity contribution in [2.45, 2.75) is 59.2 Å². The van der Waals surface area contributed by atoms with Crippen LogP contribution in [0.2, 0.25) is 5.02 Å². The van der Waals surface area contributed by atoms with Gasteiger partial charge < -0.3 is 15.0 Å². The zero-order chi connectivity index (χ0) is 22.3. The minimum Gasteiger partial charge on any atom is -0.484 e. The van der Waals surface area contributed by atoms with Crippen LogP contribution in [0.15, 0.2) is 48.5 Å². The summed E-state index contributed by atoms with van der Waals surface area (Å²) < 4.78 is 5.72. The number of nitrogens with one attached hydrogen (secondary N) is 1. The van der Waals surface area contributed by atoms with Gasteiger partial charge in [-0.1, -0.05) is 48.9 Å². The van der Waals surface area contributed by atoms with Crippen LogP contribution in [0.25, 0.3) is 0 Å². The van der Waals surface area contributed by atoms with Crippen LogP contribution in [0.1, 0.15) is 45.2 Å². The monoisotopic (exact) mass is 430 g/mol. The van der Waals surface area contributed by atoms with Crippen molar-refractivity contribution in [1.29, 1.82) is 0 Å². The molecular weight excluding hydrogens is 400 g/mol.